The quantitative estimate of drug-likeness (QED) is 0.738. The molecule has 21 heavy (non-hydrogen) atoms. The van der Waals surface area contributed by atoms with Gasteiger partial charge in [-0.2, -0.15) is 0 Å². The Bertz CT molecular complexity index is 784. The molecule has 0 spiro atoms. The van der Waals surface area contributed by atoms with Crippen LogP contribution in [0.2, 0.25) is 0 Å². The van der Waals surface area contributed by atoms with Crippen LogP contribution in [0, 0.1) is 6.92 Å². The molecule has 0 radical (unpaired) electrons. The molecule has 0 bridgehead atoms. The number of amides is 2. The average molecular weight is 277 g/mol. The Kier molecular flexibility index (Phi) is 3.51. The number of benzene rings is 2. The number of aryl methyl sites for hydroxylation is 1. The number of hydrogen-bond acceptors (Lipinski definition) is 2. The zero-order valence-corrected chi connectivity index (χ0v) is 11.6. The van der Waals surface area contributed by atoms with Crippen molar-refractivity contribution >= 4 is 28.3 Å². The Morgan fingerprint density at radius 1 is 0.952 bits per heavy atom. The lowest BCUT2D eigenvalue weighted by Gasteiger charge is -2.12. The molecule has 3 aromatic rings. The van der Waals surface area contributed by atoms with E-state index < -0.39 is 0 Å². The summed E-state index contributed by atoms with van der Waals surface area (Å²) in [5, 5.41) is 6.69. The molecule has 104 valence electrons. The number of nitrogens with one attached hydrogen (secondary N) is 2. The number of para-hydroxylation sites is 1. The Hall–Kier alpha value is -2.88. The van der Waals surface area contributed by atoms with Gasteiger partial charge in [-0.05, 0) is 30.7 Å². The minimum atomic E-state index is -0.276. The van der Waals surface area contributed by atoms with Gasteiger partial charge in [0.05, 0.1) is 11.2 Å². The summed E-state index contributed by atoms with van der Waals surface area (Å²) in [5.41, 5.74) is 3.26. The molecule has 4 heteroatoms. The van der Waals surface area contributed by atoms with Gasteiger partial charge >= 0.3 is 6.03 Å². The third kappa shape index (κ3) is 2.84. The highest BCUT2D eigenvalue weighted by Gasteiger charge is 2.09. The summed E-state index contributed by atoms with van der Waals surface area (Å²) in [7, 11) is 0. The molecular formula is C17H15N3O. The van der Waals surface area contributed by atoms with E-state index in [4.69, 9.17) is 0 Å². The smallest absolute Gasteiger partial charge is 0.308 e. The van der Waals surface area contributed by atoms with Crippen molar-refractivity contribution in [1.82, 2.24) is 4.98 Å². The molecule has 1 aromatic heterocycles. The molecule has 1 heterocycles. The van der Waals surface area contributed by atoms with Gasteiger partial charge in [-0.3, -0.25) is 4.98 Å². The minimum Gasteiger partial charge on any atom is -0.308 e. The topological polar surface area (TPSA) is 54.0 Å². The first-order chi connectivity index (χ1) is 10.2. The van der Waals surface area contributed by atoms with E-state index in [9.17, 15) is 4.79 Å². The van der Waals surface area contributed by atoms with Crippen LogP contribution in [-0.2, 0) is 0 Å². The summed E-state index contributed by atoms with van der Waals surface area (Å²) in [6, 6.07) is 16.9. The van der Waals surface area contributed by atoms with Crippen LogP contribution >= 0.6 is 0 Å². The van der Waals surface area contributed by atoms with Crippen LogP contribution in [0.25, 0.3) is 10.9 Å². The van der Waals surface area contributed by atoms with Crippen LogP contribution in [0.4, 0.5) is 16.2 Å². The number of urea groups is 1. The van der Waals surface area contributed by atoms with E-state index in [1.165, 1.54) is 0 Å². The zero-order chi connectivity index (χ0) is 14.7. The maximum absolute atomic E-state index is 12.1. The second-order valence-corrected chi connectivity index (χ2v) is 4.78. The van der Waals surface area contributed by atoms with Crippen molar-refractivity contribution < 1.29 is 4.79 Å². The molecule has 3 rings (SSSR count). The Balaban J connectivity index is 1.88. The largest absolute Gasteiger partial charge is 0.323 e. The van der Waals surface area contributed by atoms with Gasteiger partial charge in [0.2, 0.25) is 0 Å². The highest BCUT2D eigenvalue weighted by molar-refractivity contribution is 6.05. The number of hydrogen-bond donors (Lipinski definition) is 2. The van der Waals surface area contributed by atoms with E-state index in [1.54, 1.807) is 6.20 Å². The molecule has 0 atom stereocenters. The fourth-order valence-electron chi connectivity index (χ4n) is 2.20. The number of aromatic nitrogens is 1. The molecule has 2 amide bonds. The minimum absolute atomic E-state index is 0.276. The van der Waals surface area contributed by atoms with Gasteiger partial charge in [0.1, 0.15) is 0 Å². The zero-order valence-electron chi connectivity index (χ0n) is 11.6. The lowest BCUT2D eigenvalue weighted by atomic mass is 10.1. The van der Waals surface area contributed by atoms with Gasteiger partial charge < -0.3 is 10.6 Å². The van der Waals surface area contributed by atoms with Crippen molar-refractivity contribution in [2.24, 2.45) is 0 Å². The van der Waals surface area contributed by atoms with Crippen molar-refractivity contribution in [2.45, 2.75) is 6.92 Å². The van der Waals surface area contributed by atoms with Gasteiger partial charge in [-0.25, -0.2) is 4.79 Å². The molecule has 0 saturated heterocycles. The van der Waals surface area contributed by atoms with E-state index in [-0.39, 0.29) is 6.03 Å². The van der Waals surface area contributed by atoms with E-state index in [1.807, 2.05) is 61.5 Å². The van der Waals surface area contributed by atoms with Gasteiger partial charge in [0.25, 0.3) is 0 Å². The van der Waals surface area contributed by atoms with Crippen LogP contribution in [0.3, 0.4) is 0 Å². The number of fused-ring (bicyclic) bond motifs is 1. The highest BCUT2D eigenvalue weighted by Crippen LogP contribution is 2.25. The number of rotatable bonds is 2. The second-order valence-electron chi connectivity index (χ2n) is 4.78. The predicted octanol–water partition coefficient (Wildman–Crippen LogP) is 4.19. The average Bonchev–Trinajstić information content (AvgIpc) is 2.51. The summed E-state index contributed by atoms with van der Waals surface area (Å²) >= 11 is 0. The van der Waals surface area contributed by atoms with Crippen LogP contribution < -0.4 is 10.6 Å². The predicted molar refractivity (Wildman–Crippen MR) is 85.6 cm³/mol. The second kappa shape index (κ2) is 5.63. The SMILES string of the molecule is Cc1ccc2cccnc2c1NC(=O)Nc1ccccc1. The molecule has 0 aliphatic heterocycles. The summed E-state index contributed by atoms with van der Waals surface area (Å²) < 4.78 is 0. The van der Waals surface area contributed by atoms with Crippen LogP contribution in [0.15, 0.2) is 60.8 Å². The van der Waals surface area contributed by atoms with Crippen LogP contribution in [0.5, 0.6) is 0 Å². The molecule has 0 unspecified atom stereocenters. The number of anilines is 2. The van der Waals surface area contributed by atoms with Gasteiger partial charge in [-0.1, -0.05) is 36.4 Å². The molecule has 0 aliphatic rings. The fraction of sp³-hybridized carbons (Fsp3) is 0.0588. The Labute approximate surface area is 122 Å². The standard InChI is InChI=1S/C17H15N3O/c1-12-9-10-13-6-5-11-18-16(13)15(12)20-17(21)19-14-7-3-2-4-8-14/h2-11H,1H3,(H2,19,20,21). The third-order valence-corrected chi connectivity index (χ3v) is 3.25. The molecule has 2 N–H and O–H groups in total. The number of pyridine rings is 1. The third-order valence-electron chi connectivity index (χ3n) is 3.25. The van der Waals surface area contributed by atoms with Crippen molar-refractivity contribution in [2.75, 3.05) is 10.6 Å². The van der Waals surface area contributed by atoms with Gasteiger partial charge in [0.15, 0.2) is 0 Å². The van der Waals surface area contributed by atoms with Crippen LogP contribution in [-0.4, -0.2) is 11.0 Å². The van der Waals surface area contributed by atoms with Gasteiger partial charge in [0, 0.05) is 17.3 Å². The fourth-order valence-corrected chi connectivity index (χ4v) is 2.20. The molecule has 0 fully saturated rings. The van der Waals surface area contributed by atoms with Crippen molar-refractivity contribution in [3.05, 3.63) is 66.4 Å². The summed E-state index contributed by atoms with van der Waals surface area (Å²) in [4.78, 5) is 16.5. The molecule has 0 aliphatic carbocycles. The molecule has 2 aromatic carbocycles. The Morgan fingerprint density at radius 3 is 2.57 bits per heavy atom. The van der Waals surface area contributed by atoms with Crippen LogP contribution in [0.1, 0.15) is 5.56 Å². The highest BCUT2D eigenvalue weighted by atomic mass is 16.2. The number of nitrogens with zero attached hydrogens (tertiary/aromatic N) is 1. The lowest BCUT2D eigenvalue weighted by molar-refractivity contribution is 0.262. The Morgan fingerprint density at radius 2 is 1.76 bits per heavy atom. The van der Waals surface area contributed by atoms with E-state index in [2.05, 4.69) is 15.6 Å². The lowest BCUT2D eigenvalue weighted by Crippen LogP contribution is -2.20. The monoisotopic (exact) mass is 277 g/mol. The molecular weight excluding hydrogens is 262 g/mol. The first kappa shape index (κ1) is 13.1. The first-order valence-electron chi connectivity index (χ1n) is 6.71. The van der Waals surface area contributed by atoms with E-state index >= 15 is 0 Å². The maximum atomic E-state index is 12.1. The number of carbonyl (C=O) groups excluding carboxylic acids is 1. The normalized spacial score (nSPS) is 10.3. The van der Waals surface area contributed by atoms with Crippen molar-refractivity contribution in [3.63, 3.8) is 0 Å². The van der Waals surface area contributed by atoms with Gasteiger partial charge in [-0.15, -0.1) is 0 Å². The summed E-state index contributed by atoms with van der Waals surface area (Å²) in [6.45, 7) is 1.95. The maximum Gasteiger partial charge on any atom is 0.323 e. The van der Waals surface area contributed by atoms with E-state index in [0.717, 1.165) is 27.8 Å². The summed E-state index contributed by atoms with van der Waals surface area (Å²) in [6.07, 6.45) is 1.72. The molecule has 4 nitrogen and oxygen atoms in total. The van der Waals surface area contributed by atoms with Crippen molar-refractivity contribution in [3.8, 4) is 0 Å². The molecule has 0 saturated carbocycles. The number of carbonyl (C=O) groups is 1. The first-order valence-corrected chi connectivity index (χ1v) is 6.71. The van der Waals surface area contributed by atoms with E-state index in [0.29, 0.717) is 0 Å². The van der Waals surface area contributed by atoms with Crippen molar-refractivity contribution in [1.29, 1.82) is 0 Å². The summed E-state index contributed by atoms with van der Waals surface area (Å²) in [5.74, 6) is 0.